The molecule has 0 amide bonds. The average molecular weight is 201 g/mol. The zero-order valence-corrected chi connectivity index (χ0v) is 9.02. The molecule has 4 aliphatic heterocycles. The summed E-state index contributed by atoms with van der Waals surface area (Å²) in [5, 5.41) is 0. The molecule has 4 fully saturated rings. The summed E-state index contributed by atoms with van der Waals surface area (Å²) in [6.07, 6.45) is 5.70. The van der Waals surface area contributed by atoms with Crippen LogP contribution in [0, 0.1) is 5.92 Å². The van der Waals surface area contributed by atoms with E-state index in [1.165, 1.54) is 51.1 Å². The zero-order valence-electron chi connectivity index (χ0n) is 8.21. The minimum atomic E-state index is 0.963. The molecule has 0 N–H and O–H groups in total. The Bertz CT molecular complexity index is 111. The third-order valence-electron chi connectivity index (χ3n) is 3.10. The van der Waals surface area contributed by atoms with Gasteiger partial charge in [0.1, 0.15) is 0 Å². The predicted octanol–water partition coefficient (Wildman–Crippen LogP) is 2.16. The standard InChI is InChI=1S/C7H13N.C3H6OS/c1-4-8-5-2-7(1)3-6-8;1-2-4-5-3-1/h7H,1-6H2;1-3H2. The fourth-order valence-corrected chi connectivity index (χ4v) is 2.75. The predicted molar refractivity (Wildman–Crippen MR) is 56.8 cm³/mol. The lowest BCUT2D eigenvalue weighted by atomic mass is 9.89. The summed E-state index contributed by atoms with van der Waals surface area (Å²) in [5.41, 5.74) is 0. The molecule has 3 heteroatoms. The second-order valence-corrected chi connectivity index (χ2v) is 4.95. The van der Waals surface area contributed by atoms with Gasteiger partial charge in [-0.25, -0.2) is 0 Å². The lowest BCUT2D eigenvalue weighted by Gasteiger charge is -2.38. The highest BCUT2D eigenvalue weighted by atomic mass is 32.2. The molecule has 2 nitrogen and oxygen atoms in total. The van der Waals surface area contributed by atoms with Crippen LogP contribution in [-0.2, 0) is 4.18 Å². The second-order valence-electron chi connectivity index (χ2n) is 4.07. The highest BCUT2D eigenvalue weighted by Crippen LogP contribution is 2.26. The van der Waals surface area contributed by atoms with Crippen LogP contribution in [0.1, 0.15) is 25.7 Å². The van der Waals surface area contributed by atoms with Gasteiger partial charge in [-0.05, 0) is 63.3 Å². The van der Waals surface area contributed by atoms with Crippen molar-refractivity contribution in [3.05, 3.63) is 0 Å². The highest BCUT2D eigenvalue weighted by Gasteiger charge is 2.24. The van der Waals surface area contributed by atoms with Crippen LogP contribution in [0.25, 0.3) is 0 Å². The summed E-state index contributed by atoms with van der Waals surface area (Å²) in [6.45, 7) is 5.14. The lowest BCUT2D eigenvalue weighted by Crippen LogP contribution is -2.41. The Kier molecular flexibility index (Phi) is 3.94. The van der Waals surface area contributed by atoms with E-state index in [9.17, 15) is 0 Å². The first-order valence-electron chi connectivity index (χ1n) is 5.42. The molecule has 0 aliphatic carbocycles. The molecular formula is C10H19NOS. The molecule has 0 saturated carbocycles. The van der Waals surface area contributed by atoms with Crippen molar-refractivity contribution in [2.45, 2.75) is 25.7 Å². The Balaban J connectivity index is 0.000000113. The maximum absolute atomic E-state index is 4.86. The van der Waals surface area contributed by atoms with Gasteiger partial charge >= 0.3 is 0 Å². The van der Waals surface area contributed by atoms with E-state index < -0.39 is 0 Å². The van der Waals surface area contributed by atoms with Crippen molar-refractivity contribution in [1.82, 2.24) is 4.90 Å². The summed E-state index contributed by atoms with van der Waals surface area (Å²) in [5.74, 6) is 2.31. The molecule has 13 heavy (non-hydrogen) atoms. The monoisotopic (exact) mass is 201 g/mol. The van der Waals surface area contributed by atoms with Crippen LogP contribution in [0.3, 0.4) is 0 Å². The summed E-state index contributed by atoms with van der Waals surface area (Å²) in [7, 11) is 0. The van der Waals surface area contributed by atoms with Crippen molar-refractivity contribution >= 4 is 12.0 Å². The normalized spacial score (nSPS) is 36.9. The van der Waals surface area contributed by atoms with Crippen LogP contribution >= 0.6 is 12.0 Å². The van der Waals surface area contributed by atoms with Crippen LogP contribution < -0.4 is 0 Å². The van der Waals surface area contributed by atoms with Gasteiger partial charge in [-0.2, -0.15) is 0 Å². The Morgan fingerprint density at radius 1 is 1.08 bits per heavy atom. The van der Waals surface area contributed by atoms with Gasteiger partial charge in [0.05, 0.1) is 6.61 Å². The maximum atomic E-state index is 4.86. The molecule has 0 atom stereocenters. The van der Waals surface area contributed by atoms with Gasteiger partial charge in [0.2, 0.25) is 0 Å². The van der Waals surface area contributed by atoms with Crippen molar-refractivity contribution in [3.63, 3.8) is 0 Å². The van der Waals surface area contributed by atoms with E-state index in [0.717, 1.165) is 12.5 Å². The fourth-order valence-electron chi connectivity index (χ4n) is 2.16. The van der Waals surface area contributed by atoms with Gasteiger partial charge in [-0.1, -0.05) is 0 Å². The first-order chi connectivity index (χ1) is 6.45. The molecule has 0 radical (unpaired) electrons. The third kappa shape index (κ3) is 3.15. The summed E-state index contributed by atoms with van der Waals surface area (Å²) in [6, 6.07) is 0. The van der Waals surface area contributed by atoms with Crippen molar-refractivity contribution in [3.8, 4) is 0 Å². The Morgan fingerprint density at radius 3 is 1.92 bits per heavy atom. The van der Waals surface area contributed by atoms with Crippen LogP contribution in [0.5, 0.6) is 0 Å². The van der Waals surface area contributed by atoms with E-state index in [0.29, 0.717) is 0 Å². The quantitative estimate of drug-likeness (QED) is 0.557. The number of hydrogen-bond acceptors (Lipinski definition) is 3. The van der Waals surface area contributed by atoms with Gasteiger partial charge in [0.25, 0.3) is 0 Å². The van der Waals surface area contributed by atoms with Crippen LogP contribution in [0.4, 0.5) is 0 Å². The van der Waals surface area contributed by atoms with Gasteiger partial charge in [0.15, 0.2) is 0 Å². The first-order valence-corrected chi connectivity index (χ1v) is 6.33. The van der Waals surface area contributed by atoms with Crippen LogP contribution in [0.2, 0.25) is 0 Å². The number of piperidine rings is 3. The van der Waals surface area contributed by atoms with Gasteiger partial charge in [-0.15, -0.1) is 0 Å². The number of rotatable bonds is 0. The summed E-state index contributed by atoms with van der Waals surface area (Å²) < 4.78 is 4.86. The molecule has 4 rings (SSSR count). The molecular weight excluding hydrogens is 182 g/mol. The van der Waals surface area contributed by atoms with Gasteiger partial charge < -0.3 is 9.08 Å². The highest BCUT2D eigenvalue weighted by molar-refractivity contribution is 7.94. The third-order valence-corrected chi connectivity index (χ3v) is 3.89. The molecule has 2 bridgehead atoms. The van der Waals surface area contributed by atoms with E-state index in [4.69, 9.17) is 4.18 Å². The average Bonchev–Trinajstić information content (AvgIpc) is 2.79. The molecule has 76 valence electrons. The van der Waals surface area contributed by atoms with E-state index in [-0.39, 0.29) is 0 Å². The van der Waals surface area contributed by atoms with Crippen molar-refractivity contribution in [2.24, 2.45) is 5.92 Å². The molecule has 0 aromatic rings. The summed E-state index contributed by atoms with van der Waals surface area (Å²) in [4.78, 5) is 2.58. The zero-order chi connectivity index (χ0) is 8.93. The maximum Gasteiger partial charge on any atom is 0.0622 e. The Labute approximate surface area is 85.2 Å². The van der Waals surface area contributed by atoms with Gasteiger partial charge in [0, 0.05) is 5.75 Å². The molecule has 4 heterocycles. The molecule has 0 aromatic heterocycles. The van der Waals surface area contributed by atoms with Crippen molar-refractivity contribution < 1.29 is 4.18 Å². The Morgan fingerprint density at radius 2 is 1.77 bits per heavy atom. The van der Waals surface area contributed by atoms with E-state index in [2.05, 4.69) is 4.90 Å². The van der Waals surface area contributed by atoms with Crippen molar-refractivity contribution in [1.29, 1.82) is 0 Å². The topological polar surface area (TPSA) is 12.5 Å². The molecule has 4 saturated heterocycles. The van der Waals surface area contributed by atoms with Crippen LogP contribution in [-0.4, -0.2) is 36.9 Å². The van der Waals surface area contributed by atoms with E-state index in [1.54, 1.807) is 12.0 Å². The largest absolute Gasteiger partial charge is 0.315 e. The molecule has 0 spiro atoms. The molecule has 4 aliphatic rings. The number of nitrogens with zero attached hydrogens (tertiary/aromatic N) is 1. The first kappa shape index (κ1) is 9.81. The van der Waals surface area contributed by atoms with Crippen molar-refractivity contribution in [2.75, 3.05) is 32.0 Å². The minimum Gasteiger partial charge on any atom is -0.315 e. The van der Waals surface area contributed by atoms with E-state index >= 15 is 0 Å². The van der Waals surface area contributed by atoms with Gasteiger partial charge in [-0.3, -0.25) is 0 Å². The number of fused-ring (bicyclic) bond motifs is 3. The van der Waals surface area contributed by atoms with Crippen LogP contribution in [0.15, 0.2) is 0 Å². The number of hydrogen-bond donors (Lipinski definition) is 0. The molecule has 0 aromatic carbocycles. The smallest absolute Gasteiger partial charge is 0.0622 e. The molecule has 0 unspecified atom stereocenters. The summed E-state index contributed by atoms with van der Waals surface area (Å²) >= 11 is 1.57. The van der Waals surface area contributed by atoms with E-state index in [1.807, 2.05) is 0 Å². The SMILES string of the molecule is C1CN2CCC1CC2.C1COSC1. The fraction of sp³-hybridized carbons (Fsp3) is 1.00. The second kappa shape index (κ2) is 5.23. The minimum absolute atomic E-state index is 0.963. The Hall–Kier alpha value is 0.270. The lowest BCUT2D eigenvalue weighted by molar-refractivity contribution is 0.111.